The first-order valence-electron chi connectivity index (χ1n) is 12.7. The number of nitrogens with two attached hydrogens (primary N) is 1. The number of nitrogens with one attached hydrogen (secondary N) is 1. The third-order valence-electron chi connectivity index (χ3n) is 6.67. The van der Waals surface area contributed by atoms with Crippen LogP contribution in [0.5, 0.6) is 0 Å². The number of amides is 2. The topological polar surface area (TPSA) is 134 Å². The van der Waals surface area contributed by atoms with E-state index in [1.54, 1.807) is 13.8 Å². The third kappa shape index (κ3) is 5.86. The summed E-state index contributed by atoms with van der Waals surface area (Å²) in [6.07, 6.45) is -10.0. The SMILES string of the molecule is CCn1ncc(-c2cc(C(F)(F)F)nc3sc(C(N)=O)c(NC(=O)c4ccc(Cn5nc(C(F)F)c(Cl)c5C(F)F)o4)c23)c1C. The van der Waals surface area contributed by atoms with Crippen LogP contribution >= 0.6 is 22.9 Å². The van der Waals surface area contributed by atoms with Gasteiger partial charge in [-0.2, -0.15) is 23.4 Å². The van der Waals surface area contributed by atoms with Crippen LogP contribution in [-0.2, 0) is 19.3 Å². The molecule has 0 saturated heterocycles. The van der Waals surface area contributed by atoms with Crippen molar-refractivity contribution >= 4 is 50.7 Å². The van der Waals surface area contributed by atoms with Crippen molar-refractivity contribution in [2.24, 2.45) is 5.73 Å². The molecule has 0 aliphatic carbocycles. The van der Waals surface area contributed by atoms with Gasteiger partial charge in [-0.05, 0) is 37.6 Å². The van der Waals surface area contributed by atoms with Crippen LogP contribution in [0.25, 0.3) is 21.3 Å². The zero-order valence-corrected chi connectivity index (χ0v) is 24.4. The molecule has 0 spiro atoms. The molecule has 10 nitrogen and oxygen atoms in total. The third-order valence-corrected chi connectivity index (χ3v) is 8.15. The van der Waals surface area contributed by atoms with E-state index >= 15 is 0 Å². The first-order chi connectivity index (χ1) is 21.1. The summed E-state index contributed by atoms with van der Waals surface area (Å²) in [6, 6.07) is 3.09. The molecule has 0 saturated carbocycles. The Morgan fingerprint density at radius 3 is 2.42 bits per heavy atom. The van der Waals surface area contributed by atoms with Gasteiger partial charge < -0.3 is 15.5 Å². The first-order valence-corrected chi connectivity index (χ1v) is 13.9. The van der Waals surface area contributed by atoms with Gasteiger partial charge in [-0.25, -0.2) is 22.5 Å². The van der Waals surface area contributed by atoms with E-state index in [9.17, 15) is 40.3 Å². The Bertz CT molecular complexity index is 1940. The number of alkyl halides is 7. The number of furan rings is 1. The Morgan fingerprint density at radius 1 is 1.13 bits per heavy atom. The van der Waals surface area contributed by atoms with Crippen molar-refractivity contribution in [2.45, 2.75) is 46.0 Å². The molecule has 0 aliphatic heterocycles. The van der Waals surface area contributed by atoms with Crippen LogP contribution in [0.3, 0.4) is 0 Å². The second kappa shape index (κ2) is 11.8. The molecule has 0 fully saturated rings. The lowest BCUT2D eigenvalue weighted by Gasteiger charge is -2.12. The van der Waals surface area contributed by atoms with Crippen LogP contribution in [0.15, 0.2) is 28.8 Å². The molecule has 5 aromatic heterocycles. The standard InChI is InChI=1S/C26H19ClF7N7O3S/c1-3-40-9(2)12(7-36-40)11-6-14(26(32,33)34)37-25-15(11)17(20(45-25)23(35)42)38-24(43)13-5-4-10(44-13)8-41-19(22(30)31)16(27)18(39-41)21(28)29/h4-7,21-22H,3,8H2,1-2H3,(H2,35,42)(H,38,43). The van der Waals surface area contributed by atoms with Gasteiger partial charge in [0.2, 0.25) is 0 Å². The van der Waals surface area contributed by atoms with Gasteiger partial charge in [-0.15, -0.1) is 11.3 Å². The summed E-state index contributed by atoms with van der Waals surface area (Å²) in [5.41, 5.74) is 2.72. The lowest BCUT2D eigenvalue weighted by atomic mass is 10.0. The molecule has 5 rings (SSSR count). The number of nitrogens with zero attached hydrogens (tertiary/aromatic N) is 5. The Hall–Kier alpha value is -4.45. The minimum Gasteiger partial charge on any atom is -0.454 e. The lowest BCUT2D eigenvalue weighted by Crippen LogP contribution is -2.16. The van der Waals surface area contributed by atoms with Crippen molar-refractivity contribution in [1.82, 2.24) is 24.5 Å². The average Bonchev–Trinajstić information content (AvgIpc) is 3.72. The number of anilines is 1. The number of aromatic nitrogens is 5. The number of thiophene rings is 1. The lowest BCUT2D eigenvalue weighted by molar-refractivity contribution is -0.140. The number of hydrogen-bond acceptors (Lipinski definition) is 7. The van der Waals surface area contributed by atoms with Gasteiger partial charge in [0, 0.05) is 23.2 Å². The summed E-state index contributed by atoms with van der Waals surface area (Å²) in [6.45, 7) is 3.20. The maximum absolute atomic E-state index is 13.8. The predicted molar refractivity (Wildman–Crippen MR) is 148 cm³/mol. The second-order valence-corrected chi connectivity index (χ2v) is 10.8. The van der Waals surface area contributed by atoms with Gasteiger partial charge in [0.05, 0.1) is 23.5 Å². The minimum absolute atomic E-state index is 0.0204. The first kappa shape index (κ1) is 32.0. The average molecular weight is 678 g/mol. The van der Waals surface area contributed by atoms with E-state index in [1.165, 1.54) is 16.9 Å². The molecular formula is C26H19ClF7N7O3S. The van der Waals surface area contributed by atoms with Gasteiger partial charge in [0.1, 0.15) is 32.5 Å². The summed E-state index contributed by atoms with van der Waals surface area (Å²) in [7, 11) is 0. The van der Waals surface area contributed by atoms with E-state index < -0.39 is 65.3 Å². The van der Waals surface area contributed by atoms with Gasteiger partial charge in [-0.3, -0.25) is 19.0 Å². The van der Waals surface area contributed by atoms with Crippen molar-refractivity contribution < 1.29 is 44.7 Å². The van der Waals surface area contributed by atoms with E-state index in [4.69, 9.17) is 21.8 Å². The Labute approximate surface area is 256 Å². The number of fused-ring (bicyclic) bond motifs is 1. The van der Waals surface area contributed by atoms with E-state index in [2.05, 4.69) is 20.5 Å². The van der Waals surface area contributed by atoms with Gasteiger partial charge in [-0.1, -0.05) is 11.6 Å². The van der Waals surface area contributed by atoms with Crippen molar-refractivity contribution in [3.8, 4) is 11.1 Å². The Morgan fingerprint density at radius 2 is 1.84 bits per heavy atom. The quantitative estimate of drug-likeness (QED) is 0.158. The summed E-state index contributed by atoms with van der Waals surface area (Å²) in [4.78, 5) is 28.8. The highest BCUT2D eigenvalue weighted by molar-refractivity contribution is 7.21. The molecule has 0 radical (unpaired) electrons. The molecule has 0 atom stereocenters. The van der Waals surface area contributed by atoms with Crippen molar-refractivity contribution in [1.29, 1.82) is 0 Å². The fourth-order valence-electron chi connectivity index (χ4n) is 4.63. The van der Waals surface area contributed by atoms with Crippen LogP contribution in [-0.4, -0.2) is 36.4 Å². The molecule has 0 unspecified atom stereocenters. The highest BCUT2D eigenvalue weighted by Crippen LogP contribution is 2.44. The number of carbonyl (C=O) groups excluding carboxylic acids is 2. The number of pyridine rings is 1. The molecule has 0 bridgehead atoms. The van der Waals surface area contributed by atoms with Crippen LogP contribution < -0.4 is 11.1 Å². The van der Waals surface area contributed by atoms with Gasteiger partial charge in [0.25, 0.3) is 24.7 Å². The number of hydrogen-bond donors (Lipinski definition) is 2. The van der Waals surface area contributed by atoms with Crippen molar-refractivity contribution in [2.75, 3.05) is 5.32 Å². The largest absolute Gasteiger partial charge is 0.454 e. The van der Waals surface area contributed by atoms with Crippen LogP contribution in [0, 0.1) is 6.92 Å². The number of aryl methyl sites for hydroxylation is 1. The van der Waals surface area contributed by atoms with E-state index in [-0.39, 0.29) is 37.7 Å². The molecule has 5 heterocycles. The van der Waals surface area contributed by atoms with Crippen molar-refractivity contribution in [3.63, 3.8) is 0 Å². The summed E-state index contributed by atoms with van der Waals surface area (Å²) < 4.78 is 102. The fraction of sp³-hybridized carbons (Fsp3) is 0.269. The molecule has 238 valence electrons. The number of primary amides is 1. The predicted octanol–water partition coefficient (Wildman–Crippen LogP) is 7.22. The van der Waals surface area contributed by atoms with Crippen LogP contribution in [0.2, 0.25) is 5.02 Å². The summed E-state index contributed by atoms with van der Waals surface area (Å²) in [5.74, 6) is -2.66. The van der Waals surface area contributed by atoms with Gasteiger partial charge in [0.15, 0.2) is 5.76 Å². The molecule has 0 aromatic carbocycles. The molecule has 0 aliphatic rings. The van der Waals surface area contributed by atoms with E-state index in [0.29, 0.717) is 28.3 Å². The fourth-order valence-corrected chi connectivity index (χ4v) is 5.93. The zero-order chi connectivity index (χ0) is 33.0. The Balaban J connectivity index is 1.57. The highest BCUT2D eigenvalue weighted by atomic mass is 35.5. The maximum atomic E-state index is 13.8. The molecule has 19 heteroatoms. The zero-order valence-electron chi connectivity index (χ0n) is 22.8. The number of halogens is 8. The molecule has 5 aromatic rings. The molecule has 3 N–H and O–H groups in total. The monoisotopic (exact) mass is 677 g/mol. The van der Waals surface area contributed by atoms with E-state index in [0.717, 1.165) is 12.1 Å². The van der Waals surface area contributed by atoms with Crippen LogP contribution in [0.1, 0.15) is 68.5 Å². The normalized spacial score (nSPS) is 12.2. The minimum atomic E-state index is -4.86. The van der Waals surface area contributed by atoms with Crippen LogP contribution in [0.4, 0.5) is 36.4 Å². The summed E-state index contributed by atoms with van der Waals surface area (Å²) >= 11 is 6.20. The number of carbonyl (C=O) groups is 2. The van der Waals surface area contributed by atoms with E-state index in [1.807, 2.05) is 0 Å². The number of rotatable bonds is 9. The Kier molecular flexibility index (Phi) is 8.39. The molecule has 2 amide bonds. The second-order valence-electron chi connectivity index (χ2n) is 9.43. The molecule has 45 heavy (non-hydrogen) atoms. The highest BCUT2D eigenvalue weighted by Gasteiger charge is 2.36. The summed E-state index contributed by atoms with van der Waals surface area (Å²) in [5, 5.41) is 9.12. The van der Waals surface area contributed by atoms with Gasteiger partial charge >= 0.3 is 6.18 Å². The van der Waals surface area contributed by atoms with Crippen molar-refractivity contribution in [3.05, 3.63) is 68.6 Å². The smallest absolute Gasteiger partial charge is 0.433 e. The molecular weight excluding hydrogens is 659 g/mol. The maximum Gasteiger partial charge on any atom is 0.433 e.